The molecule has 7 nitrogen and oxygen atoms in total. The van der Waals surface area contributed by atoms with Crippen LogP contribution in [-0.4, -0.2) is 77.7 Å². The third-order valence-electron chi connectivity index (χ3n) is 7.20. The topological polar surface area (TPSA) is 64.2 Å². The predicted molar refractivity (Wildman–Crippen MR) is 135 cm³/mol. The Morgan fingerprint density at radius 2 is 1.57 bits per heavy atom. The van der Waals surface area contributed by atoms with Gasteiger partial charge in [-0.25, -0.2) is 0 Å². The van der Waals surface area contributed by atoms with Gasteiger partial charge >= 0.3 is 0 Å². The molecule has 182 valence electrons. The van der Waals surface area contributed by atoms with Crippen LogP contribution in [0.4, 0.5) is 5.69 Å². The lowest BCUT2D eigenvalue weighted by atomic mass is 10.1. The lowest BCUT2D eigenvalue weighted by molar-refractivity contribution is -0.140. The smallest absolute Gasteiger partial charge is 0.247 e. The third kappa shape index (κ3) is 5.36. The van der Waals surface area contributed by atoms with Gasteiger partial charge in [-0.3, -0.25) is 29.1 Å². The molecule has 3 aliphatic heterocycles. The highest BCUT2D eigenvalue weighted by Gasteiger charge is 2.42. The van der Waals surface area contributed by atoms with Gasteiger partial charge in [0.15, 0.2) is 0 Å². The van der Waals surface area contributed by atoms with Crippen molar-refractivity contribution >= 4 is 29.5 Å². The number of likely N-dealkylation sites (tertiary alicyclic amines) is 1. The summed E-state index contributed by atoms with van der Waals surface area (Å²) in [5.41, 5.74) is 2.97. The van der Waals surface area contributed by atoms with Crippen molar-refractivity contribution in [3.05, 3.63) is 71.8 Å². The molecule has 2 aromatic carbocycles. The Bertz CT molecular complexity index is 1090. The quantitative estimate of drug-likeness (QED) is 0.580. The number of hydrogen-bond donors (Lipinski definition) is 0. The number of rotatable bonds is 7. The van der Waals surface area contributed by atoms with Crippen molar-refractivity contribution in [1.29, 1.82) is 0 Å². The fourth-order valence-corrected chi connectivity index (χ4v) is 5.16. The number of benzene rings is 2. The number of piperazine rings is 1. The van der Waals surface area contributed by atoms with Crippen molar-refractivity contribution in [1.82, 2.24) is 14.7 Å². The van der Waals surface area contributed by atoms with E-state index in [9.17, 15) is 14.4 Å². The molecule has 3 amide bonds. The van der Waals surface area contributed by atoms with Crippen molar-refractivity contribution < 1.29 is 14.4 Å². The summed E-state index contributed by atoms with van der Waals surface area (Å²) in [4.78, 5) is 45.5. The van der Waals surface area contributed by atoms with Gasteiger partial charge in [-0.2, -0.15) is 0 Å². The maximum atomic E-state index is 13.1. The molecule has 3 heterocycles. The van der Waals surface area contributed by atoms with E-state index >= 15 is 0 Å². The minimum absolute atomic E-state index is 0.0915. The van der Waals surface area contributed by atoms with E-state index in [0.29, 0.717) is 6.42 Å². The van der Waals surface area contributed by atoms with E-state index in [2.05, 4.69) is 34.1 Å². The van der Waals surface area contributed by atoms with Gasteiger partial charge in [0, 0.05) is 51.4 Å². The van der Waals surface area contributed by atoms with Crippen molar-refractivity contribution in [3.8, 4) is 0 Å². The summed E-state index contributed by atoms with van der Waals surface area (Å²) < 4.78 is 0. The van der Waals surface area contributed by atoms with Crippen LogP contribution >= 0.6 is 0 Å². The Morgan fingerprint density at radius 3 is 2.26 bits per heavy atom. The number of anilines is 1. The van der Waals surface area contributed by atoms with Gasteiger partial charge in [0.2, 0.25) is 17.7 Å². The van der Waals surface area contributed by atoms with Crippen LogP contribution < -0.4 is 4.90 Å². The Hall–Kier alpha value is -3.29. The summed E-state index contributed by atoms with van der Waals surface area (Å²) in [5.74, 6) is -0.0453. The van der Waals surface area contributed by atoms with Gasteiger partial charge in [0.1, 0.15) is 0 Å². The zero-order valence-electron chi connectivity index (χ0n) is 20.0. The monoisotopic (exact) mass is 472 g/mol. The van der Waals surface area contributed by atoms with E-state index in [1.165, 1.54) is 10.5 Å². The molecule has 0 unspecified atom stereocenters. The molecule has 7 heteroatoms. The molecule has 3 saturated heterocycles. The van der Waals surface area contributed by atoms with Crippen LogP contribution in [0.3, 0.4) is 0 Å². The van der Waals surface area contributed by atoms with E-state index in [0.717, 1.165) is 56.9 Å². The number of nitrogens with zero attached hydrogens (tertiary/aromatic N) is 4. The highest BCUT2D eigenvalue weighted by atomic mass is 16.2. The molecule has 0 aliphatic carbocycles. The first-order valence-corrected chi connectivity index (χ1v) is 12.5. The normalized spacial score (nSPS) is 22.2. The molecule has 5 rings (SSSR count). The second-order valence-electron chi connectivity index (χ2n) is 9.50. The van der Waals surface area contributed by atoms with Gasteiger partial charge in [0.25, 0.3) is 0 Å². The Morgan fingerprint density at radius 1 is 0.829 bits per heavy atom. The van der Waals surface area contributed by atoms with Crippen LogP contribution in [0, 0.1) is 0 Å². The molecule has 3 aliphatic rings. The first-order valence-electron chi connectivity index (χ1n) is 12.5. The predicted octanol–water partition coefficient (Wildman–Crippen LogP) is 2.77. The summed E-state index contributed by atoms with van der Waals surface area (Å²) in [6, 6.07) is 17.6. The fraction of sp³-hybridized carbons (Fsp3) is 0.393. The SMILES string of the molecule is O=C1C[C@H](N2CCN(C/C=C/c3ccccc3)CC2)C(=O)N1Cc1ccc(N2CCCC2=O)cc1. The number of amides is 3. The Kier molecular flexibility index (Phi) is 7.06. The molecule has 0 saturated carbocycles. The molecule has 2 aromatic rings. The van der Waals surface area contributed by atoms with E-state index < -0.39 is 0 Å². The highest BCUT2D eigenvalue weighted by molar-refractivity contribution is 6.05. The van der Waals surface area contributed by atoms with Crippen LogP contribution in [-0.2, 0) is 20.9 Å². The number of carbonyl (C=O) groups excluding carboxylic acids is 3. The first kappa shape index (κ1) is 23.5. The molecule has 0 N–H and O–H groups in total. The minimum atomic E-state index is -0.356. The number of carbonyl (C=O) groups is 3. The summed E-state index contributed by atoms with van der Waals surface area (Å²) in [7, 11) is 0. The standard InChI is InChI=1S/C28H32N4O3/c33-26-9-5-15-31(26)24-12-10-23(11-13-24)21-32-27(34)20-25(28(32)35)30-18-16-29(17-19-30)14-4-8-22-6-2-1-3-7-22/h1-4,6-8,10-13,25H,5,9,14-21H2/b8-4+/t25-/m0/s1. The summed E-state index contributed by atoms with van der Waals surface area (Å²) >= 11 is 0. The third-order valence-corrected chi connectivity index (χ3v) is 7.20. The molecule has 0 aromatic heterocycles. The highest BCUT2D eigenvalue weighted by Crippen LogP contribution is 2.25. The van der Waals surface area contributed by atoms with Crippen molar-refractivity contribution in [3.63, 3.8) is 0 Å². The summed E-state index contributed by atoms with van der Waals surface area (Å²) in [6.45, 7) is 5.25. The van der Waals surface area contributed by atoms with Crippen LogP contribution in [0.25, 0.3) is 6.08 Å². The van der Waals surface area contributed by atoms with Crippen molar-refractivity contribution in [2.24, 2.45) is 0 Å². The number of hydrogen-bond acceptors (Lipinski definition) is 5. The van der Waals surface area contributed by atoms with E-state index in [-0.39, 0.29) is 36.7 Å². The molecule has 35 heavy (non-hydrogen) atoms. The fourth-order valence-electron chi connectivity index (χ4n) is 5.16. The summed E-state index contributed by atoms with van der Waals surface area (Å²) in [5, 5.41) is 0. The van der Waals surface area contributed by atoms with Crippen molar-refractivity contribution in [2.75, 3.05) is 44.2 Å². The van der Waals surface area contributed by atoms with E-state index in [4.69, 9.17) is 0 Å². The maximum absolute atomic E-state index is 13.1. The largest absolute Gasteiger partial charge is 0.312 e. The molecule has 1 atom stereocenters. The van der Waals surface area contributed by atoms with Gasteiger partial charge in [-0.05, 0) is 29.7 Å². The van der Waals surface area contributed by atoms with Crippen LogP contribution in [0.15, 0.2) is 60.7 Å². The van der Waals surface area contributed by atoms with Crippen LogP contribution in [0.5, 0.6) is 0 Å². The Balaban J connectivity index is 1.12. The second-order valence-corrected chi connectivity index (χ2v) is 9.50. The molecule has 0 radical (unpaired) electrons. The Labute approximate surface area is 206 Å². The molecule has 0 spiro atoms. The molecule has 3 fully saturated rings. The van der Waals surface area contributed by atoms with E-state index in [1.807, 2.05) is 42.5 Å². The molecular formula is C28H32N4O3. The van der Waals surface area contributed by atoms with Crippen molar-refractivity contribution in [2.45, 2.75) is 31.8 Å². The second kappa shape index (κ2) is 10.5. The lowest BCUT2D eigenvalue weighted by Crippen LogP contribution is -2.52. The van der Waals surface area contributed by atoms with E-state index in [1.54, 1.807) is 4.90 Å². The lowest BCUT2D eigenvalue weighted by Gasteiger charge is -2.36. The first-order chi connectivity index (χ1) is 17.1. The van der Waals surface area contributed by atoms with Crippen LogP contribution in [0.1, 0.15) is 30.4 Å². The zero-order valence-corrected chi connectivity index (χ0v) is 20.0. The zero-order chi connectivity index (χ0) is 24.2. The average Bonchev–Trinajstić information content (AvgIpc) is 3.44. The maximum Gasteiger partial charge on any atom is 0.247 e. The average molecular weight is 473 g/mol. The molecule has 0 bridgehead atoms. The molecular weight excluding hydrogens is 440 g/mol. The van der Waals surface area contributed by atoms with Crippen LogP contribution in [0.2, 0.25) is 0 Å². The van der Waals surface area contributed by atoms with Gasteiger partial charge < -0.3 is 4.90 Å². The van der Waals surface area contributed by atoms with Gasteiger partial charge in [0.05, 0.1) is 19.0 Å². The minimum Gasteiger partial charge on any atom is -0.312 e. The summed E-state index contributed by atoms with van der Waals surface area (Å²) in [6.07, 6.45) is 6.06. The van der Waals surface area contributed by atoms with Gasteiger partial charge in [-0.1, -0.05) is 54.6 Å². The van der Waals surface area contributed by atoms with Gasteiger partial charge in [-0.15, -0.1) is 0 Å². The number of imide groups is 1.